The molecule has 2 nitrogen and oxygen atoms in total. The summed E-state index contributed by atoms with van der Waals surface area (Å²) in [5, 5.41) is 3.39. The van der Waals surface area contributed by atoms with Crippen LogP contribution in [0.25, 0.3) is 6.08 Å². The van der Waals surface area contributed by atoms with Crippen molar-refractivity contribution < 1.29 is 4.74 Å². The molecule has 0 saturated carbocycles. The average Bonchev–Trinajstić information content (AvgIpc) is 2.39. The zero-order valence-corrected chi connectivity index (χ0v) is 11.2. The molecule has 0 amide bonds. The summed E-state index contributed by atoms with van der Waals surface area (Å²) in [5.41, 5.74) is 2.55. The highest BCUT2D eigenvalue weighted by Gasteiger charge is 2.34. The zero-order chi connectivity index (χ0) is 12.6. The van der Waals surface area contributed by atoms with Gasteiger partial charge in [-0.15, -0.1) is 0 Å². The average molecular weight is 243 g/mol. The zero-order valence-electron chi connectivity index (χ0n) is 11.2. The molecule has 3 rings (SSSR count). The second kappa shape index (κ2) is 4.43. The Balaban J connectivity index is 1.90. The van der Waals surface area contributed by atoms with Crippen molar-refractivity contribution in [1.82, 2.24) is 5.32 Å². The van der Waals surface area contributed by atoms with E-state index in [0.29, 0.717) is 5.92 Å². The maximum absolute atomic E-state index is 6.27. The number of nitrogens with one attached hydrogen (secondary N) is 1. The second-order valence-electron chi connectivity index (χ2n) is 5.70. The van der Waals surface area contributed by atoms with Gasteiger partial charge in [-0.25, -0.2) is 0 Å². The van der Waals surface area contributed by atoms with E-state index in [1.165, 1.54) is 11.1 Å². The quantitative estimate of drug-likeness (QED) is 0.817. The van der Waals surface area contributed by atoms with Crippen molar-refractivity contribution in [3.63, 3.8) is 0 Å². The van der Waals surface area contributed by atoms with Gasteiger partial charge >= 0.3 is 0 Å². The van der Waals surface area contributed by atoms with E-state index in [2.05, 4.69) is 49.5 Å². The molecule has 1 aromatic carbocycles. The van der Waals surface area contributed by atoms with Crippen LogP contribution in [0.3, 0.4) is 0 Å². The fourth-order valence-corrected chi connectivity index (χ4v) is 2.76. The Labute approximate surface area is 109 Å². The van der Waals surface area contributed by atoms with E-state index in [-0.39, 0.29) is 5.60 Å². The van der Waals surface area contributed by atoms with E-state index in [0.717, 1.165) is 31.7 Å². The van der Waals surface area contributed by atoms with Crippen LogP contribution in [0, 0.1) is 0 Å². The summed E-state index contributed by atoms with van der Waals surface area (Å²) >= 11 is 0. The van der Waals surface area contributed by atoms with Crippen molar-refractivity contribution in [1.29, 1.82) is 0 Å². The molecule has 0 bridgehead atoms. The number of hydrogen-bond donors (Lipinski definition) is 1. The van der Waals surface area contributed by atoms with Gasteiger partial charge in [0.1, 0.15) is 11.4 Å². The third-order valence-electron chi connectivity index (χ3n) is 4.03. The highest BCUT2D eigenvalue weighted by molar-refractivity contribution is 5.62. The van der Waals surface area contributed by atoms with E-state index >= 15 is 0 Å². The highest BCUT2D eigenvalue weighted by atomic mass is 16.5. The Hall–Kier alpha value is -1.28. The van der Waals surface area contributed by atoms with Crippen molar-refractivity contribution in [3.05, 3.63) is 35.4 Å². The summed E-state index contributed by atoms with van der Waals surface area (Å²) in [4.78, 5) is 0. The molecule has 0 atom stereocenters. The van der Waals surface area contributed by atoms with E-state index in [1.54, 1.807) is 0 Å². The van der Waals surface area contributed by atoms with Crippen molar-refractivity contribution in [3.8, 4) is 5.75 Å². The molecule has 2 aliphatic rings. The van der Waals surface area contributed by atoms with Crippen molar-refractivity contribution in [2.24, 2.45) is 0 Å². The predicted molar refractivity (Wildman–Crippen MR) is 75.0 cm³/mol. The number of rotatable bonds is 1. The van der Waals surface area contributed by atoms with Crippen LogP contribution in [-0.2, 0) is 0 Å². The van der Waals surface area contributed by atoms with E-state index in [1.807, 2.05) is 0 Å². The molecule has 18 heavy (non-hydrogen) atoms. The Morgan fingerprint density at radius 1 is 1.22 bits per heavy atom. The molecular formula is C16H21NO. The molecule has 0 unspecified atom stereocenters. The van der Waals surface area contributed by atoms with Crippen LogP contribution in [0.2, 0.25) is 0 Å². The van der Waals surface area contributed by atoms with Gasteiger partial charge in [-0.2, -0.15) is 0 Å². The largest absolute Gasteiger partial charge is 0.482 e. The van der Waals surface area contributed by atoms with Crippen LogP contribution >= 0.6 is 0 Å². The maximum Gasteiger partial charge on any atom is 0.130 e. The minimum atomic E-state index is -0.0579. The summed E-state index contributed by atoms with van der Waals surface area (Å²) in [6, 6.07) is 6.58. The minimum Gasteiger partial charge on any atom is -0.482 e. The van der Waals surface area contributed by atoms with Gasteiger partial charge in [0.2, 0.25) is 0 Å². The summed E-state index contributed by atoms with van der Waals surface area (Å²) in [7, 11) is 0. The molecule has 1 N–H and O–H groups in total. The Kier molecular flexibility index (Phi) is 2.90. The van der Waals surface area contributed by atoms with Crippen LogP contribution in [0.5, 0.6) is 5.75 Å². The first-order valence-electron chi connectivity index (χ1n) is 6.91. The molecule has 1 aromatic rings. The first-order chi connectivity index (χ1) is 8.69. The lowest BCUT2D eigenvalue weighted by Crippen LogP contribution is -2.45. The normalized spacial score (nSPS) is 20.8. The molecule has 1 saturated heterocycles. The van der Waals surface area contributed by atoms with Gasteiger partial charge in [0.15, 0.2) is 0 Å². The van der Waals surface area contributed by atoms with Crippen LogP contribution in [0.1, 0.15) is 43.7 Å². The van der Waals surface area contributed by atoms with Gasteiger partial charge in [-0.05, 0) is 42.8 Å². The van der Waals surface area contributed by atoms with Crippen LogP contribution < -0.4 is 10.1 Å². The standard InChI is InChI=1S/C16H21NO/c1-12(2)13-3-4-15-14(11-13)5-6-16(18-15)7-9-17-10-8-16/h3-6,11-12,17H,7-10H2,1-2H3. The molecule has 1 fully saturated rings. The fourth-order valence-electron chi connectivity index (χ4n) is 2.76. The first kappa shape index (κ1) is 11.8. The molecule has 2 heterocycles. The number of ether oxygens (including phenoxy) is 1. The molecule has 96 valence electrons. The smallest absolute Gasteiger partial charge is 0.130 e. The minimum absolute atomic E-state index is 0.0579. The lowest BCUT2D eigenvalue weighted by atomic mass is 9.88. The third kappa shape index (κ3) is 2.05. The van der Waals surface area contributed by atoms with Crippen LogP contribution in [0.4, 0.5) is 0 Å². The molecule has 2 heteroatoms. The second-order valence-corrected chi connectivity index (χ2v) is 5.70. The van der Waals surface area contributed by atoms with Gasteiger partial charge in [0.05, 0.1) is 0 Å². The van der Waals surface area contributed by atoms with Gasteiger partial charge in [-0.3, -0.25) is 0 Å². The van der Waals surface area contributed by atoms with Gasteiger partial charge in [0, 0.05) is 18.4 Å². The topological polar surface area (TPSA) is 21.3 Å². The molecule has 1 spiro atoms. The van der Waals surface area contributed by atoms with E-state index < -0.39 is 0 Å². The SMILES string of the molecule is CC(C)c1ccc2c(c1)C=CC1(CCNCC1)O2. The summed E-state index contributed by atoms with van der Waals surface area (Å²) in [6.07, 6.45) is 6.64. The Bertz CT molecular complexity index is 470. The Morgan fingerprint density at radius 3 is 2.72 bits per heavy atom. The van der Waals surface area contributed by atoms with Crippen molar-refractivity contribution in [2.45, 2.75) is 38.2 Å². The van der Waals surface area contributed by atoms with Crippen molar-refractivity contribution in [2.75, 3.05) is 13.1 Å². The number of piperidine rings is 1. The Morgan fingerprint density at radius 2 is 2.00 bits per heavy atom. The molecular weight excluding hydrogens is 222 g/mol. The monoisotopic (exact) mass is 243 g/mol. The maximum atomic E-state index is 6.27. The lowest BCUT2D eigenvalue weighted by molar-refractivity contribution is 0.0823. The third-order valence-corrected chi connectivity index (χ3v) is 4.03. The van der Waals surface area contributed by atoms with Gasteiger partial charge < -0.3 is 10.1 Å². The summed E-state index contributed by atoms with van der Waals surface area (Å²) < 4.78 is 6.27. The lowest BCUT2D eigenvalue weighted by Gasteiger charge is -2.38. The first-order valence-corrected chi connectivity index (χ1v) is 6.91. The number of hydrogen-bond acceptors (Lipinski definition) is 2. The summed E-state index contributed by atoms with van der Waals surface area (Å²) in [5.74, 6) is 1.61. The molecule has 0 aromatic heterocycles. The van der Waals surface area contributed by atoms with Crippen LogP contribution in [0.15, 0.2) is 24.3 Å². The predicted octanol–water partition coefficient (Wildman–Crippen LogP) is 3.34. The van der Waals surface area contributed by atoms with E-state index in [4.69, 9.17) is 4.74 Å². The number of benzene rings is 1. The highest BCUT2D eigenvalue weighted by Crippen LogP contribution is 2.36. The molecule has 2 aliphatic heterocycles. The van der Waals surface area contributed by atoms with E-state index in [9.17, 15) is 0 Å². The van der Waals surface area contributed by atoms with Gasteiger partial charge in [-0.1, -0.05) is 26.0 Å². The summed E-state index contributed by atoms with van der Waals surface area (Å²) in [6.45, 7) is 6.54. The molecule has 0 aliphatic carbocycles. The molecule has 0 radical (unpaired) electrons. The van der Waals surface area contributed by atoms with Crippen LogP contribution in [-0.4, -0.2) is 18.7 Å². The fraction of sp³-hybridized carbons (Fsp3) is 0.500. The van der Waals surface area contributed by atoms with Gasteiger partial charge in [0.25, 0.3) is 0 Å². The number of fused-ring (bicyclic) bond motifs is 1. The van der Waals surface area contributed by atoms with Crippen molar-refractivity contribution >= 4 is 6.08 Å².